The van der Waals surface area contributed by atoms with Crippen LogP contribution < -0.4 is 5.32 Å². The molecular weight excluding hydrogens is 328 g/mol. The van der Waals surface area contributed by atoms with Crippen LogP contribution in [0.5, 0.6) is 0 Å². The van der Waals surface area contributed by atoms with Gasteiger partial charge in [-0.1, -0.05) is 26.3 Å². The summed E-state index contributed by atoms with van der Waals surface area (Å²) in [4.78, 5) is 13.8. The van der Waals surface area contributed by atoms with E-state index >= 15 is 0 Å². The highest BCUT2D eigenvalue weighted by atomic mass is 79.9. The average molecular weight is 349 g/mol. The van der Waals surface area contributed by atoms with Crippen molar-refractivity contribution in [3.05, 3.63) is 34.1 Å². The number of aromatic nitrogens is 3. The molecule has 0 radical (unpaired) electrons. The van der Waals surface area contributed by atoms with E-state index in [4.69, 9.17) is 4.98 Å². The van der Waals surface area contributed by atoms with Gasteiger partial charge in [0.1, 0.15) is 11.5 Å². The smallest absolute Gasteiger partial charge is 0.180 e. The Hall–Kier alpha value is -1.49. The van der Waals surface area contributed by atoms with Crippen LogP contribution in [0.25, 0.3) is 11.5 Å². The minimum atomic E-state index is 0.693. The van der Waals surface area contributed by atoms with Crippen molar-refractivity contribution in [3.8, 4) is 11.5 Å². The summed E-state index contributed by atoms with van der Waals surface area (Å²) in [5.74, 6) is 1.55. The minimum Gasteiger partial charge on any atom is -0.369 e. The first-order valence-corrected chi connectivity index (χ1v) is 8.18. The summed E-state index contributed by atoms with van der Waals surface area (Å²) in [6, 6.07) is 3.97. The van der Waals surface area contributed by atoms with Crippen LogP contribution in [-0.2, 0) is 6.42 Å². The number of nitrogens with zero attached hydrogens (tertiary/aromatic N) is 3. The monoisotopic (exact) mass is 348 g/mol. The van der Waals surface area contributed by atoms with Crippen molar-refractivity contribution in [2.45, 2.75) is 40.0 Å². The molecule has 0 aliphatic rings. The highest BCUT2D eigenvalue weighted by Crippen LogP contribution is 2.28. The van der Waals surface area contributed by atoms with Gasteiger partial charge in [0.2, 0.25) is 0 Å². The zero-order valence-electron chi connectivity index (χ0n) is 12.8. The number of hydrogen-bond donors (Lipinski definition) is 1. The molecule has 0 fully saturated rings. The fraction of sp³-hybridized carbons (Fsp3) is 0.438. The van der Waals surface area contributed by atoms with E-state index in [1.54, 1.807) is 6.20 Å². The molecule has 112 valence electrons. The number of nitrogens with one attached hydrogen (secondary N) is 1. The molecular formula is C16H21BrN4. The van der Waals surface area contributed by atoms with Gasteiger partial charge in [-0.2, -0.15) is 0 Å². The number of aryl methyl sites for hydroxylation is 2. The molecule has 21 heavy (non-hydrogen) atoms. The summed E-state index contributed by atoms with van der Waals surface area (Å²) in [7, 11) is 0. The Morgan fingerprint density at radius 3 is 2.67 bits per heavy atom. The Balaban J connectivity index is 2.50. The Bertz CT molecular complexity index is 613. The molecule has 0 bridgehead atoms. The SMILES string of the molecule is CCCNc1nc(-c2ncccc2C)nc(CCC)c1Br. The second-order valence-corrected chi connectivity index (χ2v) is 5.80. The third-order valence-corrected chi connectivity index (χ3v) is 4.00. The zero-order chi connectivity index (χ0) is 15.2. The molecule has 0 saturated carbocycles. The molecule has 0 spiro atoms. The average Bonchev–Trinajstić information content (AvgIpc) is 2.49. The first-order valence-electron chi connectivity index (χ1n) is 7.39. The van der Waals surface area contributed by atoms with Crippen LogP contribution in [0.2, 0.25) is 0 Å². The van der Waals surface area contributed by atoms with Crippen molar-refractivity contribution in [2.24, 2.45) is 0 Å². The van der Waals surface area contributed by atoms with Crippen molar-refractivity contribution in [1.82, 2.24) is 15.0 Å². The molecule has 2 rings (SSSR count). The Morgan fingerprint density at radius 1 is 1.19 bits per heavy atom. The summed E-state index contributed by atoms with van der Waals surface area (Å²) >= 11 is 3.63. The van der Waals surface area contributed by atoms with Crippen LogP contribution in [0.15, 0.2) is 22.8 Å². The van der Waals surface area contributed by atoms with Crippen LogP contribution >= 0.6 is 15.9 Å². The molecule has 0 saturated heterocycles. The van der Waals surface area contributed by atoms with Crippen molar-refractivity contribution >= 4 is 21.7 Å². The molecule has 0 amide bonds. The third-order valence-electron chi connectivity index (χ3n) is 3.17. The number of hydrogen-bond acceptors (Lipinski definition) is 4. The molecule has 0 aliphatic carbocycles. The number of pyridine rings is 1. The first kappa shape index (κ1) is 15.9. The van der Waals surface area contributed by atoms with Gasteiger partial charge in [0.25, 0.3) is 0 Å². The molecule has 0 atom stereocenters. The van der Waals surface area contributed by atoms with E-state index in [-0.39, 0.29) is 0 Å². The van der Waals surface area contributed by atoms with Gasteiger partial charge in [-0.15, -0.1) is 0 Å². The minimum absolute atomic E-state index is 0.693. The fourth-order valence-corrected chi connectivity index (χ4v) is 2.60. The van der Waals surface area contributed by atoms with Crippen LogP contribution in [0.1, 0.15) is 37.9 Å². The lowest BCUT2D eigenvalue weighted by molar-refractivity contribution is 0.863. The van der Waals surface area contributed by atoms with Gasteiger partial charge in [-0.05, 0) is 47.3 Å². The Labute approximate surface area is 134 Å². The van der Waals surface area contributed by atoms with E-state index in [1.807, 2.05) is 19.1 Å². The lowest BCUT2D eigenvalue weighted by Crippen LogP contribution is -2.08. The number of rotatable bonds is 6. The second-order valence-electron chi connectivity index (χ2n) is 5.00. The molecule has 0 unspecified atom stereocenters. The second kappa shape index (κ2) is 7.50. The third kappa shape index (κ3) is 3.79. The number of anilines is 1. The normalized spacial score (nSPS) is 10.7. The van der Waals surface area contributed by atoms with Crippen LogP contribution in [-0.4, -0.2) is 21.5 Å². The van der Waals surface area contributed by atoms with Crippen molar-refractivity contribution in [3.63, 3.8) is 0 Å². The van der Waals surface area contributed by atoms with Crippen molar-refractivity contribution in [2.75, 3.05) is 11.9 Å². The fourth-order valence-electron chi connectivity index (χ4n) is 2.08. The quantitative estimate of drug-likeness (QED) is 0.841. The predicted molar refractivity (Wildman–Crippen MR) is 90.5 cm³/mol. The molecule has 2 aromatic heterocycles. The van der Waals surface area contributed by atoms with Crippen LogP contribution in [0, 0.1) is 6.92 Å². The zero-order valence-corrected chi connectivity index (χ0v) is 14.4. The summed E-state index contributed by atoms with van der Waals surface area (Å²) in [6.45, 7) is 7.21. The van der Waals surface area contributed by atoms with Gasteiger partial charge >= 0.3 is 0 Å². The van der Waals surface area contributed by atoms with E-state index in [0.29, 0.717) is 5.82 Å². The largest absolute Gasteiger partial charge is 0.369 e. The van der Waals surface area contributed by atoms with Gasteiger partial charge in [0.15, 0.2) is 5.82 Å². The summed E-state index contributed by atoms with van der Waals surface area (Å²) < 4.78 is 0.968. The van der Waals surface area contributed by atoms with E-state index in [2.05, 4.69) is 45.1 Å². The van der Waals surface area contributed by atoms with Crippen LogP contribution in [0.4, 0.5) is 5.82 Å². The molecule has 4 nitrogen and oxygen atoms in total. The van der Waals surface area contributed by atoms with Crippen LogP contribution in [0.3, 0.4) is 0 Å². The standard InChI is InChI=1S/C16H21BrN4/c1-4-7-12-13(17)15(19-9-5-2)21-16(20-12)14-11(3)8-6-10-18-14/h6,8,10H,4-5,7,9H2,1-3H3,(H,19,20,21). The molecule has 2 aromatic rings. The van der Waals surface area contributed by atoms with Gasteiger partial charge in [0.05, 0.1) is 10.2 Å². The summed E-state index contributed by atoms with van der Waals surface area (Å²) in [5, 5.41) is 3.37. The highest BCUT2D eigenvalue weighted by Gasteiger charge is 2.14. The maximum atomic E-state index is 4.70. The molecule has 0 aromatic carbocycles. The maximum Gasteiger partial charge on any atom is 0.180 e. The van der Waals surface area contributed by atoms with Gasteiger partial charge in [0, 0.05) is 12.7 Å². The van der Waals surface area contributed by atoms with Gasteiger partial charge in [-0.3, -0.25) is 4.98 Å². The first-order chi connectivity index (χ1) is 10.2. The van der Waals surface area contributed by atoms with E-state index in [9.17, 15) is 0 Å². The lowest BCUT2D eigenvalue weighted by Gasteiger charge is -2.13. The van der Waals surface area contributed by atoms with E-state index < -0.39 is 0 Å². The lowest BCUT2D eigenvalue weighted by atomic mass is 10.2. The van der Waals surface area contributed by atoms with E-state index in [1.165, 1.54) is 0 Å². The Kier molecular flexibility index (Phi) is 5.67. The molecule has 0 aliphatic heterocycles. The molecule has 1 N–H and O–H groups in total. The van der Waals surface area contributed by atoms with Crippen molar-refractivity contribution in [1.29, 1.82) is 0 Å². The summed E-state index contributed by atoms with van der Waals surface area (Å²) in [5.41, 5.74) is 2.97. The predicted octanol–water partition coefficient (Wildman–Crippen LogP) is 4.38. The molecule has 2 heterocycles. The van der Waals surface area contributed by atoms with Gasteiger partial charge < -0.3 is 5.32 Å². The highest BCUT2D eigenvalue weighted by molar-refractivity contribution is 9.10. The number of halogens is 1. The topological polar surface area (TPSA) is 50.7 Å². The van der Waals surface area contributed by atoms with Crippen molar-refractivity contribution < 1.29 is 0 Å². The van der Waals surface area contributed by atoms with Gasteiger partial charge in [-0.25, -0.2) is 9.97 Å². The molecule has 5 heteroatoms. The Morgan fingerprint density at radius 2 is 2.00 bits per heavy atom. The van der Waals surface area contributed by atoms with E-state index in [0.717, 1.165) is 53.0 Å². The maximum absolute atomic E-state index is 4.70. The summed E-state index contributed by atoms with van der Waals surface area (Å²) in [6.07, 6.45) is 4.80.